The summed E-state index contributed by atoms with van der Waals surface area (Å²) in [7, 11) is 0. The van der Waals surface area contributed by atoms with Gasteiger partial charge in [-0.3, -0.25) is 4.79 Å². The molecule has 3 N–H and O–H groups in total. The number of aryl methyl sites for hydroxylation is 1. The minimum Gasteiger partial charge on any atom is -0.508 e. The number of hydrazone groups is 1. The van der Waals surface area contributed by atoms with Crippen molar-refractivity contribution < 1.29 is 19.9 Å². The van der Waals surface area contributed by atoms with Crippen LogP contribution in [-0.4, -0.2) is 37.0 Å². The Hall–Kier alpha value is -3.43. The zero-order valence-corrected chi connectivity index (χ0v) is 12.0. The predicted molar refractivity (Wildman–Crippen MR) is 79.1 cm³/mol. The van der Waals surface area contributed by atoms with E-state index in [2.05, 4.69) is 15.6 Å². The van der Waals surface area contributed by atoms with Gasteiger partial charge in [-0.05, 0) is 24.0 Å². The largest absolute Gasteiger partial charge is 0.508 e. The van der Waals surface area contributed by atoms with Crippen molar-refractivity contribution in [2.45, 2.75) is 13.5 Å². The molecule has 23 heavy (non-hydrogen) atoms. The van der Waals surface area contributed by atoms with Crippen LogP contribution in [0.2, 0.25) is 0 Å². The first-order valence-electron chi connectivity index (χ1n) is 6.39. The number of aromatic hydroxyl groups is 2. The van der Waals surface area contributed by atoms with Crippen molar-refractivity contribution in [1.82, 2.24) is 15.2 Å². The molecule has 2 aromatic rings. The summed E-state index contributed by atoms with van der Waals surface area (Å²) in [6.45, 7) is 1.35. The minimum atomic E-state index is -0.646. The molecule has 0 fully saturated rings. The molecular weight excluding hydrogens is 306 g/mol. The van der Waals surface area contributed by atoms with Crippen molar-refractivity contribution in [2.75, 3.05) is 0 Å². The zero-order chi connectivity index (χ0) is 17.0. The number of hydrogen-bond acceptors (Lipinski definition) is 7. The van der Waals surface area contributed by atoms with Gasteiger partial charge in [0.15, 0.2) is 0 Å². The van der Waals surface area contributed by atoms with E-state index in [0.717, 1.165) is 6.07 Å². The third-order valence-corrected chi connectivity index (χ3v) is 2.86. The molecule has 1 aromatic carbocycles. The smallest absolute Gasteiger partial charge is 0.390 e. The Morgan fingerprint density at radius 1 is 1.48 bits per heavy atom. The number of phenols is 2. The van der Waals surface area contributed by atoms with E-state index in [-0.39, 0.29) is 23.9 Å². The third-order valence-electron chi connectivity index (χ3n) is 2.86. The van der Waals surface area contributed by atoms with Gasteiger partial charge in [0.25, 0.3) is 5.91 Å². The standard InChI is InChI=1S/C13H13N5O5/c1-8-4-12(18(22)23)16-17(8)7-13(21)15-14-6-9-2-3-10(19)5-11(9)20/h2-6,19-20H,7H2,1H3,(H,15,21)/b14-6-. The van der Waals surface area contributed by atoms with Crippen LogP contribution in [0.1, 0.15) is 11.3 Å². The highest BCUT2D eigenvalue weighted by molar-refractivity contribution is 5.85. The van der Waals surface area contributed by atoms with Crippen molar-refractivity contribution in [3.63, 3.8) is 0 Å². The van der Waals surface area contributed by atoms with E-state index in [9.17, 15) is 20.0 Å². The van der Waals surface area contributed by atoms with E-state index in [1.165, 1.54) is 29.1 Å². The number of amides is 1. The lowest BCUT2D eigenvalue weighted by molar-refractivity contribution is -0.389. The van der Waals surface area contributed by atoms with Crippen LogP contribution >= 0.6 is 0 Å². The number of rotatable bonds is 5. The van der Waals surface area contributed by atoms with Gasteiger partial charge in [-0.25, -0.2) is 5.43 Å². The quantitative estimate of drug-likeness (QED) is 0.419. The van der Waals surface area contributed by atoms with E-state index in [4.69, 9.17) is 5.11 Å². The zero-order valence-electron chi connectivity index (χ0n) is 12.0. The van der Waals surface area contributed by atoms with Crippen LogP contribution in [0, 0.1) is 17.0 Å². The Morgan fingerprint density at radius 3 is 2.83 bits per heavy atom. The molecule has 0 spiro atoms. The summed E-state index contributed by atoms with van der Waals surface area (Å²) in [6.07, 6.45) is 1.20. The molecule has 0 saturated heterocycles. The first-order valence-corrected chi connectivity index (χ1v) is 6.39. The van der Waals surface area contributed by atoms with Gasteiger partial charge in [-0.15, -0.1) is 0 Å². The summed E-state index contributed by atoms with van der Waals surface area (Å²) >= 11 is 0. The van der Waals surface area contributed by atoms with Gasteiger partial charge in [0.2, 0.25) is 0 Å². The average Bonchev–Trinajstić information content (AvgIpc) is 2.83. The molecule has 2 rings (SSSR count). The van der Waals surface area contributed by atoms with Gasteiger partial charge in [0, 0.05) is 11.6 Å². The normalized spacial score (nSPS) is 10.8. The van der Waals surface area contributed by atoms with Gasteiger partial charge in [0.05, 0.1) is 23.1 Å². The molecule has 0 saturated carbocycles. The van der Waals surface area contributed by atoms with Crippen LogP contribution in [0.25, 0.3) is 0 Å². The van der Waals surface area contributed by atoms with Crippen LogP contribution in [0.4, 0.5) is 5.82 Å². The van der Waals surface area contributed by atoms with E-state index in [0.29, 0.717) is 11.3 Å². The number of aromatic nitrogens is 2. The van der Waals surface area contributed by atoms with Gasteiger partial charge in [-0.1, -0.05) is 0 Å². The first kappa shape index (κ1) is 15.9. The molecule has 0 bridgehead atoms. The molecule has 10 nitrogen and oxygen atoms in total. The van der Waals surface area contributed by atoms with Crippen molar-refractivity contribution in [3.8, 4) is 11.5 Å². The highest BCUT2D eigenvalue weighted by Crippen LogP contribution is 2.20. The van der Waals surface area contributed by atoms with E-state index < -0.39 is 10.8 Å². The fourth-order valence-electron chi connectivity index (χ4n) is 1.73. The Kier molecular flexibility index (Phi) is 4.55. The highest BCUT2D eigenvalue weighted by atomic mass is 16.6. The molecule has 1 heterocycles. The maximum Gasteiger partial charge on any atom is 0.390 e. The molecule has 1 aromatic heterocycles. The number of nitrogens with one attached hydrogen (secondary N) is 1. The molecular formula is C13H13N5O5. The highest BCUT2D eigenvalue weighted by Gasteiger charge is 2.17. The first-order chi connectivity index (χ1) is 10.9. The fourth-order valence-corrected chi connectivity index (χ4v) is 1.73. The van der Waals surface area contributed by atoms with Gasteiger partial charge < -0.3 is 20.3 Å². The van der Waals surface area contributed by atoms with Crippen LogP contribution in [-0.2, 0) is 11.3 Å². The lowest BCUT2D eigenvalue weighted by Crippen LogP contribution is -2.24. The third kappa shape index (κ3) is 4.03. The maximum absolute atomic E-state index is 11.7. The van der Waals surface area contributed by atoms with E-state index in [1.54, 1.807) is 6.92 Å². The molecule has 0 aliphatic heterocycles. The lowest BCUT2D eigenvalue weighted by atomic mass is 10.2. The molecule has 0 aliphatic rings. The number of nitro groups is 1. The van der Waals surface area contributed by atoms with E-state index >= 15 is 0 Å². The number of benzene rings is 1. The topological polar surface area (TPSA) is 143 Å². The van der Waals surface area contributed by atoms with Crippen molar-refractivity contribution >= 4 is 17.9 Å². The summed E-state index contributed by atoms with van der Waals surface area (Å²) in [5, 5.41) is 36.6. The SMILES string of the molecule is Cc1cc([N+](=O)[O-])nn1CC(=O)N/N=C\c1ccc(O)cc1O. The summed E-state index contributed by atoms with van der Waals surface area (Å²) in [5.41, 5.74) is 2.98. The molecule has 0 unspecified atom stereocenters. The molecule has 10 heteroatoms. The summed E-state index contributed by atoms with van der Waals surface area (Å²) in [4.78, 5) is 21.7. The van der Waals surface area contributed by atoms with Crippen molar-refractivity contribution in [3.05, 3.63) is 45.6 Å². The number of carbonyl (C=O) groups excluding carboxylic acids is 1. The second-order valence-electron chi connectivity index (χ2n) is 4.59. The summed E-state index contributed by atoms with van der Waals surface area (Å²) < 4.78 is 1.18. The van der Waals surface area contributed by atoms with Crippen LogP contribution in [0.5, 0.6) is 11.5 Å². The Morgan fingerprint density at radius 2 is 2.22 bits per heavy atom. The van der Waals surface area contributed by atoms with Gasteiger partial charge in [0.1, 0.15) is 18.0 Å². The summed E-state index contributed by atoms with van der Waals surface area (Å²) in [5.74, 6) is -1.17. The van der Waals surface area contributed by atoms with Crippen LogP contribution in [0.15, 0.2) is 29.4 Å². The molecule has 0 aliphatic carbocycles. The summed E-state index contributed by atoms with van der Waals surface area (Å²) in [6, 6.07) is 5.16. The molecule has 0 radical (unpaired) electrons. The second-order valence-corrected chi connectivity index (χ2v) is 4.59. The predicted octanol–water partition coefficient (Wildman–Crippen LogP) is 0.661. The Labute approximate surface area is 129 Å². The molecule has 120 valence electrons. The number of carbonyl (C=O) groups is 1. The molecule has 1 amide bonds. The van der Waals surface area contributed by atoms with Crippen LogP contribution in [0.3, 0.4) is 0 Å². The monoisotopic (exact) mass is 319 g/mol. The van der Waals surface area contributed by atoms with Crippen molar-refractivity contribution in [2.24, 2.45) is 5.10 Å². The molecule has 0 atom stereocenters. The average molecular weight is 319 g/mol. The Balaban J connectivity index is 1.97. The van der Waals surface area contributed by atoms with E-state index in [1.807, 2.05) is 0 Å². The minimum absolute atomic E-state index is 0.0977. The van der Waals surface area contributed by atoms with Gasteiger partial charge in [-0.2, -0.15) is 9.78 Å². The van der Waals surface area contributed by atoms with Crippen molar-refractivity contribution in [1.29, 1.82) is 0 Å². The second kappa shape index (κ2) is 6.56. The van der Waals surface area contributed by atoms with Gasteiger partial charge >= 0.3 is 5.82 Å². The van der Waals surface area contributed by atoms with Crippen LogP contribution < -0.4 is 5.43 Å². The fraction of sp³-hybridized carbons (Fsp3) is 0.154. The number of hydrogen-bond donors (Lipinski definition) is 3. The Bertz CT molecular complexity index is 783. The number of nitrogens with zero attached hydrogens (tertiary/aromatic N) is 4. The number of phenolic OH excluding ortho intramolecular Hbond substituents is 2. The lowest BCUT2D eigenvalue weighted by Gasteiger charge is -2.01. The maximum atomic E-state index is 11.7.